The number of aromatic nitrogens is 2. The fourth-order valence-electron chi connectivity index (χ4n) is 5.86. The Kier molecular flexibility index (Phi) is 6.27. The number of hydrogen-bond donors (Lipinski definition) is 1. The first-order chi connectivity index (χ1) is 16.6. The molecule has 2 atom stereocenters. The topological polar surface area (TPSA) is 70.0 Å². The summed E-state index contributed by atoms with van der Waals surface area (Å²) in [7, 11) is 0. The number of fused-ring (bicyclic) bond motifs is 1. The normalized spacial score (nSPS) is 28.5. The molecule has 2 saturated heterocycles. The molecule has 35 heavy (non-hydrogen) atoms. The Morgan fingerprint density at radius 2 is 1.91 bits per heavy atom. The smallest absolute Gasteiger partial charge is 0.300 e. The molecule has 0 bridgehead atoms. The van der Waals surface area contributed by atoms with Crippen LogP contribution in [0, 0.1) is 5.92 Å². The molecule has 0 aromatic carbocycles. The van der Waals surface area contributed by atoms with Crippen LogP contribution in [-0.2, 0) is 11.2 Å². The van der Waals surface area contributed by atoms with E-state index < -0.39 is 17.6 Å². The monoisotopic (exact) mass is 491 g/mol. The van der Waals surface area contributed by atoms with Gasteiger partial charge in [0.15, 0.2) is 0 Å². The molecule has 10 heteroatoms. The van der Waals surface area contributed by atoms with Crippen molar-refractivity contribution in [3.63, 3.8) is 0 Å². The van der Waals surface area contributed by atoms with Gasteiger partial charge >= 0.3 is 6.03 Å². The van der Waals surface area contributed by atoms with Gasteiger partial charge in [-0.1, -0.05) is 0 Å². The number of nitrogens with zero attached hydrogens (tertiary/aromatic N) is 4. The molecule has 2 aromatic rings. The third-order valence-corrected chi connectivity index (χ3v) is 7.89. The number of piperidine rings is 1. The summed E-state index contributed by atoms with van der Waals surface area (Å²) in [4.78, 5) is 27.5. The number of nitrogens with one attached hydrogen (secondary N) is 1. The number of urea groups is 1. The highest BCUT2D eigenvalue weighted by atomic mass is 19.3. The maximum atomic E-state index is 16.0. The summed E-state index contributed by atoms with van der Waals surface area (Å²) in [5.41, 5.74) is 0.745. The van der Waals surface area contributed by atoms with Gasteiger partial charge in [-0.05, 0) is 56.2 Å². The molecule has 1 N–H and O–H groups in total. The second-order valence-corrected chi connectivity index (χ2v) is 10.6. The first-order valence-electron chi connectivity index (χ1n) is 12.5. The Balaban J connectivity index is 1.24. The van der Waals surface area contributed by atoms with Crippen LogP contribution in [0.15, 0.2) is 24.5 Å². The van der Waals surface area contributed by atoms with E-state index in [0.717, 1.165) is 12.1 Å². The van der Waals surface area contributed by atoms with Crippen molar-refractivity contribution in [1.29, 1.82) is 0 Å². The largest absolute Gasteiger partial charge is 0.328 e. The number of halogens is 3. The summed E-state index contributed by atoms with van der Waals surface area (Å²) in [6.45, 7) is 3.68. The van der Waals surface area contributed by atoms with E-state index in [-0.39, 0.29) is 50.1 Å². The standard InChI is InChI=1S/C25H32F3N5O2/c1-17-13-24(26,8-11-31(17)16-18-2-6-25(27,28)7-3-18)14-19-4-10-33-20(12-19)21(15-29-33)32-9-5-22(34)30-23(32)35/h4,10,12,15,17-18H,2-3,5-9,11,13-14,16H2,1H3,(H,30,34,35)/t17-,24?/m0/s1. The first-order valence-corrected chi connectivity index (χ1v) is 12.5. The summed E-state index contributed by atoms with van der Waals surface area (Å²) >= 11 is 0. The van der Waals surface area contributed by atoms with Gasteiger partial charge in [0, 0.05) is 57.6 Å². The van der Waals surface area contributed by atoms with E-state index in [2.05, 4.69) is 15.3 Å². The number of imide groups is 1. The van der Waals surface area contributed by atoms with Crippen LogP contribution in [0.1, 0.15) is 57.4 Å². The van der Waals surface area contributed by atoms with Crippen molar-refractivity contribution in [3.8, 4) is 0 Å². The molecule has 1 aliphatic carbocycles. The lowest BCUT2D eigenvalue weighted by atomic mass is 9.82. The van der Waals surface area contributed by atoms with Gasteiger partial charge in [0.1, 0.15) is 5.67 Å². The molecular weight excluding hydrogens is 459 g/mol. The Morgan fingerprint density at radius 3 is 2.63 bits per heavy atom. The third kappa shape index (κ3) is 5.17. The second-order valence-electron chi connectivity index (χ2n) is 10.6. The highest BCUT2D eigenvalue weighted by molar-refractivity contribution is 6.07. The molecule has 2 aromatic heterocycles. The molecule has 3 amide bonds. The molecule has 4 heterocycles. The summed E-state index contributed by atoms with van der Waals surface area (Å²) < 4.78 is 44.6. The minimum atomic E-state index is -2.52. The number of alkyl halides is 3. The van der Waals surface area contributed by atoms with E-state index >= 15 is 4.39 Å². The third-order valence-electron chi connectivity index (χ3n) is 7.89. The molecule has 0 spiro atoms. The zero-order valence-electron chi connectivity index (χ0n) is 20.0. The van der Waals surface area contributed by atoms with Crippen molar-refractivity contribution in [2.45, 2.75) is 75.9 Å². The van der Waals surface area contributed by atoms with Gasteiger partial charge in [-0.2, -0.15) is 5.10 Å². The van der Waals surface area contributed by atoms with E-state index in [4.69, 9.17) is 0 Å². The Bertz CT molecular complexity index is 1110. The van der Waals surface area contributed by atoms with Gasteiger partial charge in [0.2, 0.25) is 11.8 Å². The molecular formula is C25H32F3N5O2. The fraction of sp³-hybridized carbons (Fsp3) is 0.640. The van der Waals surface area contributed by atoms with Gasteiger partial charge in [0.25, 0.3) is 0 Å². The van der Waals surface area contributed by atoms with Gasteiger partial charge in [-0.25, -0.2) is 22.5 Å². The second kappa shape index (κ2) is 9.11. The van der Waals surface area contributed by atoms with Crippen LogP contribution >= 0.6 is 0 Å². The molecule has 190 valence electrons. The van der Waals surface area contributed by atoms with E-state index in [1.165, 1.54) is 4.90 Å². The number of carbonyl (C=O) groups excluding carboxylic acids is 2. The number of pyridine rings is 1. The predicted molar refractivity (Wildman–Crippen MR) is 125 cm³/mol. The lowest BCUT2D eigenvalue weighted by Gasteiger charge is -2.43. The van der Waals surface area contributed by atoms with Crippen molar-refractivity contribution in [2.75, 3.05) is 24.5 Å². The number of rotatable bonds is 5. The molecule has 7 nitrogen and oxygen atoms in total. The van der Waals surface area contributed by atoms with Crippen molar-refractivity contribution in [3.05, 3.63) is 30.1 Å². The van der Waals surface area contributed by atoms with E-state index in [9.17, 15) is 18.4 Å². The summed E-state index contributed by atoms with van der Waals surface area (Å²) in [5, 5.41) is 6.62. The first kappa shape index (κ1) is 24.1. The maximum Gasteiger partial charge on any atom is 0.328 e. The van der Waals surface area contributed by atoms with Crippen LogP contribution in [-0.4, -0.2) is 63.7 Å². The average Bonchev–Trinajstić information content (AvgIpc) is 3.20. The molecule has 2 aliphatic heterocycles. The van der Waals surface area contributed by atoms with Crippen LogP contribution in [0.25, 0.3) is 5.52 Å². The Labute approximate surface area is 202 Å². The van der Waals surface area contributed by atoms with Crippen LogP contribution in [0.5, 0.6) is 0 Å². The van der Waals surface area contributed by atoms with Gasteiger partial charge in [0.05, 0.1) is 17.4 Å². The van der Waals surface area contributed by atoms with Crippen LogP contribution in [0.3, 0.4) is 0 Å². The SMILES string of the molecule is C[C@H]1CC(F)(Cc2ccn3ncc(N4CCC(=O)NC4=O)c3c2)CCN1CC1CCC(F)(F)CC1. The van der Waals surface area contributed by atoms with Gasteiger partial charge in [-0.3, -0.25) is 15.0 Å². The quantitative estimate of drug-likeness (QED) is 0.676. The predicted octanol–water partition coefficient (Wildman–Crippen LogP) is 4.34. The van der Waals surface area contributed by atoms with Crippen molar-refractivity contribution < 1.29 is 22.8 Å². The zero-order valence-corrected chi connectivity index (χ0v) is 20.0. The highest BCUT2D eigenvalue weighted by Crippen LogP contribution is 2.39. The molecule has 5 rings (SSSR count). The van der Waals surface area contributed by atoms with Crippen LogP contribution in [0.4, 0.5) is 23.7 Å². The maximum absolute atomic E-state index is 16.0. The molecule has 1 saturated carbocycles. The van der Waals surface area contributed by atoms with Crippen LogP contribution < -0.4 is 10.2 Å². The zero-order chi connectivity index (χ0) is 24.8. The molecule has 0 radical (unpaired) electrons. The van der Waals surface area contributed by atoms with Crippen molar-refractivity contribution in [1.82, 2.24) is 19.8 Å². The summed E-state index contributed by atoms with van der Waals surface area (Å²) in [6, 6.07) is 3.28. The minimum Gasteiger partial charge on any atom is -0.300 e. The summed E-state index contributed by atoms with van der Waals surface area (Å²) in [6.07, 6.45) is 5.60. The Morgan fingerprint density at radius 1 is 1.14 bits per heavy atom. The lowest BCUT2D eigenvalue weighted by molar-refractivity contribution is -0.120. The Hall–Kier alpha value is -2.62. The van der Waals surface area contributed by atoms with Gasteiger partial charge < -0.3 is 4.90 Å². The molecule has 3 aliphatic rings. The molecule has 1 unspecified atom stereocenters. The average molecular weight is 492 g/mol. The van der Waals surface area contributed by atoms with E-state index in [0.29, 0.717) is 43.4 Å². The van der Waals surface area contributed by atoms with E-state index in [1.807, 2.05) is 19.1 Å². The highest BCUT2D eigenvalue weighted by Gasteiger charge is 2.41. The van der Waals surface area contributed by atoms with E-state index in [1.54, 1.807) is 16.9 Å². The fourth-order valence-corrected chi connectivity index (χ4v) is 5.86. The minimum absolute atomic E-state index is 0.0403. The number of likely N-dealkylation sites (tertiary alicyclic amines) is 1. The lowest BCUT2D eigenvalue weighted by Crippen LogP contribution is -2.50. The summed E-state index contributed by atoms with van der Waals surface area (Å²) in [5.74, 6) is -2.57. The van der Waals surface area contributed by atoms with Crippen molar-refractivity contribution in [2.24, 2.45) is 5.92 Å². The molecule has 3 fully saturated rings. The number of anilines is 1. The van der Waals surface area contributed by atoms with Gasteiger partial charge in [-0.15, -0.1) is 0 Å². The number of hydrogen-bond acceptors (Lipinski definition) is 4. The van der Waals surface area contributed by atoms with Crippen LogP contribution in [0.2, 0.25) is 0 Å². The van der Waals surface area contributed by atoms with Crippen molar-refractivity contribution >= 4 is 23.1 Å². The number of carbonyl (C=O) groups is 2. The number of amides is 3.